The molecule has 2 unspecified atom stereocenters. The fraction of sp³-hybridized carbons (Fsp3) is 0.417. The Balaban J connectivity index is 1.93. The Labute approximate surface area is 188 Å². The third-order valence-corrected chi connectivity index (χ3v) is 4.61. The monoisotopic (exact) mass is 448 g/mol. The van der Waals surface area contributed by atoms with Crippen molar-refractivity contribution in [3.8, 4) is 23.0 Å². The van der Waals surface area contributed by atoms with Crippen molar-refractivity contribution in [2.75, 3.05) is 40.6 Å². The molecule has 2 aromatic carbocycles. The highest BCUT2D eigenvalue weighted by atomic mass is 16.5. The second-order valence-corrected chi connectivity index (χ2v) is 7.14. The van der Waals surface area contributed by atoms with Crippen LogP contribution in [0.1, 0.15) is 11.1 Å². The highest BCUT2D eigenvalue weighted by Crippen LogP contribution is 2.29. The molecule has 2 aromatic rings. The molecule has 8 heteroatoms. The van der Waals surface area contributed by atoms with Crippen molar-refractivity contribution in [1.29, 1.82) is 0 Å². The Morgan fingerprint density at radius 3 is 1.44 bits per heavy atom. The summed E-state index contributed by atoms with van der Waals surface area (Å²) in [6.45, 7) is -0.748. The van der Waals surface area contributed by atoms with E-state index in [0.717, 1.165) is 11.1 Å². The summed E-state index contributed by atoms with van der Waals surface area (Å²) < 4.78 is 21.7. The fourth-order valence-corrected chi connectivity index (χ4v) is 2.83. The number of benzene rings is 2. The van der Waals surface area contributed by atoms with E-state index in [1.807, 2.05) is 24.3 Å². The van der Waals surface area contributed by atoms with Crippen molar-refractivity contribution >= 4 is 0 Å². The summed E-state index contributed by atoms with van der Waals surface area (Å²) in [5, 5.41) is 36.6. The highest BCUT2D eigenvalue weighted by Gasteiger charge is 2.10. The Morgan fingerprint density at radius 1 is 0.688 bits per heavy atom. The largest absolute Gasteiger partial charge is 0.493 e. The van der Waals surface area contributed by atoms with Gasteiger partial charge < -0.3 is 39.4 Å². The molecule has 0 aliphatic heterocycles. The first-order valence-electron chi connectivity index (χ1n) is 10.3. The van der Waals surface area contributed by atoms with Crippen molar-refractivity contribution in [2.45, 2.75) is 25.0 Å². The maximum atomic E-state index is 9.42. The lowest BCUT2D eigenvalue weighted by atomic mass is 10.1. The standard InChI is InChI=1S/C24H32O8/c1-29-23-11-17(7-9-21(23)31-15-19(27)13-25)5-3-4-6-18-8-10-22(24(12-18)30-2)32-16-20(28)14-26/h3-4,7-12,19-20,25-28H,5-6,13-16H2,1-2H3. The van der Waals surface area contributed by atoms with E-state index in [9.17, 15) is 10.2 Å². The molecule has 2 atom stereocenters. The number of allylic oxidation sites excluding steroid dienone is 2. The van der Waals surface area contributed by atoms with Crippen molar-refractivity contribution in [2.24, 2.45) is 0 Å². The molecule has 0 amide bonds. The predicted octanol–water partition coefficient (Wildman–Crippen LogP) is 1.51. The van der Waals surface area contributed by atoms with Gasteiger partial charge in [0.2, 0.25) is 0 Å². The van der Waals surface area contributed by atoms with Crippen LogP contribution in [0, 0.1) is 0 Å². The molecule has 0 aromatic heterocycles. The molecule has 32 heavy (non-hydrogen) atoms. The molecule has 0 saturated carbocycles. The van der Waals surface area contributed by atoms with Crippen LogP contribution in [0.25, 0.3) is 0 Å². The summed E-state index contributed by atoms with van der Waals surface area (Å²) in [7, 11) is 3.10. The summed E-state index contributed by atoms with van der Waals surface area (Å²) >= 11 is 0. The van der Waals surface area contributed by atoms with Crippen LogP contribution in [0.5, 0.6) is 23.0 Å². The quantitative estimate of drug-likeness (QED) is 0.321. The molecule has 0 aliphatic rings. The molecule has 4 N–H and O–H groups in total. The number of ether oxygens (including phenoxy) is 4. The number of hydrogen-bond acceptors (Lipinski definition) is 8. The summed E-state index contributed by atoms with van der Waals surface area (Å²) in [5.41, 5.74) is 2.08. The van der Waals surface area contributed by atoms with E-state index in [-0.39, 0.29) is 26.4 Å². The first-order valence-corrected chi connectivity index (χ1v) is 10.3. The predicted molar refractivity (Wildman–Crippen MR) is 120 cm³/mol. The molecule has 176 valence electrons. The number of rotatable bonds is 14. The van der Waals surface area contributed by atoms with Crippen LogP contribution in [0.15, 0.2) is 48.6 Å². The lowest BCUT2D eigenvalue weighted by Crippen LogP contribution is -2.21. The van der Waals surface area contributed by atoms with Gasteiger partial charge in [-0.1, -0.05) is 24.3 Å². The van der Waals surface area contributed by atoms with E-state index in [1.54, 1.807) is 26.4 Å². The third-order valence-electron chi connectivity index (χ3n) is 4.61. The van der Waals surface area contributed by atoms with Gasteiger partial charge >= 0.3 is 0 Å². The van der Waals surface area contributed by atoms with Crippen LogP contribution in [0.3, 0.4) is 0 Å². The topological polar surface area (TPSA) is 118 Å². The van der Waals surface area contributed by atoms with Gasteiger partial charge in [0, 0.05) is 0 Å². The summed E-state index contributed by atoms with van der Waals surface area (Å²) in [6, 6.07) is 11.2. The van der Waals surface area contributed by atoms with Crippen molar-refractivity contribution in [1.82, 2.24) is 0 Å². The zero-order valence-electron chi connectivity index (χ0n) is 18.4. The van der Waals surface area contributed by atoms with E-state index in [4.69, 9.17) is 29.2 Å². The Morgan fingerprint density at radius 2 is 1.09 bits per heavy atom. The molecule has 0 fully saturated rings. The van der Waals surface area contributed by atoms with Gasteiger partial charge in [0.25, 0.3) is 0 Å². The number of hydrogen-bond donors (Lipinski definition) is 4. The maximum Gasteiger partial charge on any atom is 0.161 e. The summed E-state index contributed by atoms with van der Waals surface area (Å²) in [5.74, 6) is 2.14. The van der Waals surface area contributed by atoms with Gasteiger partial charge in [-0.3, -0.25) is 0 Å². The minimum atomic E-state index is -0.936. The van der Waals surface area contributed by atoms with Gasteiger partial charge in [0.1, 0.15) is 25.4 Å². The van der Waals surface area contributed by atoms with E-state index >= 15 is 0 Å². The molecule has 0 aliphatic carbocycles. The first kappa shape index (κ1) is 25.5. The second kappa shape index (κ2) is 13.6. The fourth-order valence-electron chi connectivity index (χ4n) is 2.83. The molecule has 0 saturated heterocycles. The maximum absolute atomic E-state index is 9.42. The average molecular weight is 449 g/mol. The number of aliphatic hydroxyl groups is 4. The Bertz CT molecular complexity index is 782. The zero-order chi connectivity index (χ0) is 23.3. The minimum absolute atomic E-state index is 0.0125. The Hall–Kier alpha value is -2.78. The highest BCUT2D eigenvalue weighted by molar-refractivity contribution is 5.44. The Kier molecular flexibility index (Phi) is 10.8. The van der Waals surface area contributed by atoms with Gasteiger partial charge in [0.05, 0.1) is 27.4 Å². The van der Waals surface area contributed by atoms with Gasteiger partial charge in [-0.05, 0) is 48.2 Å². The van der Waals surface area contributed by atoms with E-state index in [2.05, 4.69) is 12.2 Å². The zero-order valence-corrected chi connectivity index (χ0v) is 18.4. The number of methoxy groups -OCH3 is 2. The molecule has 0 radical (unpaired) electrons. The summed E-state index contributed by atoms with van der Waals surface area (Å²) in [6.07, 6.45) is 3.64. The average Bonchev–Trinajstić information content (AvgIpc) is 2.83. The molecule has 0 spiro atoms. The van der Waals surface area contributed by atoms with Crippen LogP contribution < -0.4 is 18.9 Å². The lowest BCUT2D eigenvalue weighted by molar-refractivity contribution is 0.0527. The van der Waals surface area contributed by atoms with Gasteiger partial charge in [-0.25, -0.2) is 0 Å². The molecule has 2 rings (SSSR count). The van der Waals surface area contributed by atoms with Crippen LogP contribution >= 0.6 is 0 Å². The van der Waals surface area contributed by atoms with Crippen LogP contribution in [0.2, 0.25) is 0 Å². The number of aliphatic hydroxyl groups excluding tert-OH is 4. The van der Waals surface area contributed by atoms with Crippen molar-refractivity contribution in [3.63, 3.8) is 0 Å². The normalized spacial score (nSPS) is 13.1. The first-order chi connectivity index (χ1) is 15.5. The van der Waals surface area contributed by atoms with Gasteiger partial charge in [-0.2, -0.15) is 0 Å². The summed E-state index contributed by atoms with van der Waals surface area (Å²) in [4.78, 5) is 0. The molecule has 0 bridgehead atoms. The van der Waals surface area contributed by atoms with Crippen LogP contribution in [-0.4, -0.2) is 73.3 Å². The smallest absolute Gasteiger partial charge is 0.161 e. The van der Waals surface area contributed by atoms with E-state index < -0.39 is 12.2 Å². The minimum Gasteiger partial charge on any atom is -0.493 e. The van der Waals surface area contributed by atoms with Crippen molar-refractivity contribution < 1.29 is 39.4 Å². The molecule has 0 heterocycles. The van der Waals surface area contributed by atoms with E-state index in [0.29, 0.717) is 35.8 Å². The van der Waals surface area contributed by atoms with Gasteiger partial charge in [0.15, 0.2) is 23.0 Å². The third kappa shape index (κ3) is 8.05. The van der Waals surface area contributed by atoms with Gasteiger partial charge in [-0.15, -0.1) is 0 Å². The lowest BCUT2D eigenvalue weighted by Gasteiger charge is -2.14. The van der Waals surface area contributed by atoms with Crippen LogP contribution in [-0.2, 0) is 12.8 Å². The molecular weight excluding hydrogens is 416 g/mol. The molecular formula is C24H32O8. The second-order valence-electron chi connectivity index (χ2n) is 7.14. The van der Waals surface area contributed by atoms with Crippen LogP contribution in [0.4, 0.5) is 0 Å². The van der Waals surface area contributed by atoms with Crippen molar-refractivity contribution in [3.05, 3.63) is 59.7 Å². The van der Waals surface area contributed by atoms with E-state index in [1.165, 1.54) is 0 Å². The SMILES string of the molecule is COc1cc(CC=CCc2ccc(OCC(O)CO)c(OC)c2)ccc1OCC(O)CO. The molecule has 8 nitrogen and oxygen atoms in total.